The Kier molecular flexibility index (Phi) is 2.34. The van der Waals surface area contributed by atoms with E-state index in [2.05, 4.69) is 10.4 Å². The van der Waals surface area contributed by atoms with Crippen molar-refractivity contribution in [3.8, 4) is 11.5 Å². The summed E-state index contributed by atoms with van der Waals surface area (Å²) in [5.74, 6) is 6.37. The molecule has 0 unspecified atom stereocenters. The summed E-state index contributed by atoms with van der Waals surface area (Å²) < 4.78 is 15.5. The maximum atomic E-state index is 5.28. The lowest BCUT2D eigenvalue weighted by atomic mass is 10.3. The number of ether oxygens (including phenoxy) is 2. The molecule has 6 nitrogen and oxygen atoms in total. The Bertz CT molecular complexity index is 440. The third-order valence-corrected chi connectivity index (χ3v) is 2.02. The monoisotopic (exact) mass is 209 g/mol. The van der Waals surface area contributed by atoms with Crippen molar-refractivity contribution in [3.05, 3.63) is 12.1 Å². The van der Waals surface area contributed by atoms with E-state index in [1.807, 2.05) is 0 Å². The van der Waals surface area contributed by atoms with Gasteiger partial charge in [0.15, 0.2) is 17.1 Å². The van der Waals surface area contributed by atoms with Gasteiger partial charge < -0.3 is 13.9 Å². The summed E-state index contributed by atoms with van der Waals surface area (Å²) in [5.41, 5.74) is 3.57. The Balaban J connectivity index is 2.61. The first kappa shape index (κ1) is 9.60. The average molecular weight is 209 g/mol. The number of nitrogens with zero attached hydrogens (tertiary/aromatic N) is 1. The van der Waals surface area contributed by atoms with Crippen molar-refractivity contribution in [3.63, 3.8) is 0 Å². The number of hydrogen-bond acceptors (Lipinski definition) is 6. The summed E-state index contributed by atoms with van der Waals surface area (Å²) in [6.45, 7) is 0. The van der Waals surface area contributed by atoms with E-state index >= 15 is 0 Å². The summed E-state index contributed by atoms with van der Waals surface area (Å²) in [4.78, 5) is 4.08. The van der Waals surface area contributed by atoms with Crippen molar-refractivity contribution in [2.24, 2.45) is 5.84 Å². The highest BCUT2D eigenvalue weighted by Gasteiger charge is 2.10. The Hall–Kier alpha value is -1.95. The van der Waals surface area contributed by atoms with Crippen LogP contribution in [0.2, 0.25) is 0 Å². The van der Waals surface area contributed by atoms with E-state index in [-0.39, 0.29) is 6.01 Å². The van der Waals surface area contributed by atoms with Gasteiger partial charge in [-0.2, -0.15) is 4.98 Å². The molecule has 0 saturated carbocycles. The number of nitrogen functional groups attached to an aromatic ring is 1. The first-order chi connectivity index (χ1) is 7.28. The van der Waals surface area contributed by atoms with Crippen molar-refractivity contribution >= 4 is 17.1 Å². The highest BCUT2D eigenvalue weighted by Crippen LogP contribution is 2.32. The van der Waals surface area contributed by atoms with E-state index < -0.39 is 0 Å². The molecule has 2 rings (SSSR count). The van der Waals surface area contributed by atoms with Gasteiger partial charge in [-0.3, -0.25) is 5.43 Å². The quantitative estimate of drug-likeness (QED) is 0.582. The van der Waals surface area contributed by atoms with Gasteiger partial charge in [-0.15, -0.1) is 0 Å². The van der Waals surface area contributed by atoms with Crippen LogP contribution in [0.15, 0.2) is 16.5 Å². The molecule has 0 aliphatic carbocycles. The van der Waals surface area contributed by atoms with Crippen LogP contribution in [-0.4, -0.2) is 19.2 Å². The van der Waals surface area contributed by atoms with E-state index in [9.17, 15) is 0 Å². The zero-order valence-electron chi connectivity index (χ0n) is 8.40. The maximum Gasteiger partial charge on any atom is 0.310 e. The molecule has 0 fully saturated rings. The lowest BCUT2D eigenvalue weighted by molar-refractivity contribution is 0.355. The number of rotatable bonds is 3. The zero-order valence-corrected chi connectivity index (χ0v) is 8.40. The third kappa shape index (κ3) is 1.55. The highest BCUT2D eigenvalue weighted by molar-refractivity contribution is 5.79. The van der Waals surface area contributed by atoms with E-state index in [1.54, 1.807) is 26.4 Å². The lowest BCUT2D eigenvalue weighted by Gasteiger charge is -2.05. The summed E-state index contributed by atoms with van der Waals surface area (Å²) in [7, 11) is 3.12. The van der Waals surface area contributed by atoms with Gasteiger partial charge in [-0.05, 0) is 0 Å². The van der Waals surface area contributed by atoms with Crippen LogP contribution < -0.4 is 20.7 Å². The van der Waals surface area contributed by atoms with Gasteiger partial charge in [0, 0.05) is 12.1 Å². The fourth-order valence-corrected chi connectivity index (χ4v) is 1.32. The van der Waals surface area contributed by atoms with Gasteiger partial charge in [-0.1, -0.05) is 0 Å². The summed E-state index contributed by atoms with van der Waals surface area (Å²) in [6.07, 6.45) is 0. The van der Waals surface area contributed by atoms with Gasteiger partial charge >= 0.3 is 6.01 Å². The molecule has 0 spiro atoms. The normalized spacial score (nSPS) is 10.3. The Labute approximate surface area is 85.9 Å². The molecule has 0 radical (unpaired) electrons. The zero-order chi connectivity index (χ0) is 10.8. The van der Waals surface area contributed by atoms with E-state index in [0.29, 0.717) is 22.6 Å². The molecule has 0 aliphatic rings. The van der Waals surface area contributed by atoms with Gasteiger partial charge in [0.2, 0.25) is 0 Å². The predicted octanol–water partition coefficient (Wildman–Crippen LogP) is 1.13. The molecule has 15 heavy (non-hydrogen) atoms. The Morgan fingerprint density at radius 2 is 1.93 bits per heavy atom. The molecular weight excluding hydrogens is 198 g/mol. The fraction of sp³-hybridized carbons (Fsp3) is 0.222. The van der Waals surface area contributed by atoms with Crippen molar-refractivity contribution < 1.29 is 13.9 Å². The SMILES string of the molecule is COc1cc2nc(NN)oc2cc1OC. The minimum Gasteiger partial charge on any atom is -0.493 e. The number of oxazole rings is 1. The van der Waals surface area contributed by atoms with E-state index in [4.69, 9.17) is 19.7 Å². The van der Waals surface area contributed by atoms with Crippen molar-refractivity contribution in [2.45, 2.75) is 0 Å². The number of aromatic nitrogens is 1. The summed E-state index contributed by atoms with van der Waals surface area (Å²) >= 11 is 0. The second kappa shape index (κ2) is 3.66. The molecule has 0 aliphatic heterocycles. The molecule has 1 heterocycles. The van der Waals surface area contributed by atoms with Crippen LogP contribution in [0.3, 0.4) is 0 Å². The van der Waals surface area contributed by atoms with E-state index in [1.165, 1.54) is 0 Å². The first-order valence-corrected chi connectivity index (χ1v) is 4.27. The van der Waals surface area contributed by atoms with Crippen molar-refractivity contribution in [1.82, 2.24) is 4.98 Å². The van der Waals surface area contributed by atoms with Crippen LogP contribution in [0.1, 0.15) is 0 Å². The number of hydrazine groups is 1. The number of nitrogens with one attached hydrogen (secondary N) is 1. The topological polar surface area (TPSA) is 82.5 Å². The van der Waals surface area contributed by atoms with Gasteiger partial charge in [0.25, 0.3) is 0 Å². The number of benzene rings is 1. The maximum absolute atomic E-state index is 5.28. The molecule has 80 valence electrons. The van der Waals surface area contributed by atoms with Crippen LogP contribution >= 0.6 is 0 Å². The van der Waals surface area contributed by atoms with Crippen LogP contribution in [0.25, 0.3) is 11.1 Å². The second-order valence-corrected chi connectivity index (χ2v) is 2.84. The molecule has 3 N–H and O–H groups in total. The molecule has 0 atom stereocenters. The molecule has 1 aromatic carbocycles. The second-order valence-electron chi connectivity index (χ2n) is 2.84. The smallest absolute Gasteiger partial charge is 0.310 e. The number of methoxy groups -OCH3 is 2. The number of hydrogen-bond donors (Lipinski definition) is 2. The number of anilines is 1. The van der Waals surface area contributed by atoms with Crippen molar-refractivity contribution in [2.75, 3.05) is 19.6 Å². The minimum absolute atomic E-state index is 0.250. The molecular formula is C9H11N3O3. The van der Waals surface area contributed by atoms with Gasteiger partial charge in [0.05, 0.1) is 14.2 Å². The van der Waals surface area contributed by atoms with E-state index in [0.717, 1.165) is 0 Å². The minimum atomic E-state index is 0.250. The highest BCUT2D eigenvalue weighted by atomic mass is 16.5. The number of nitrogens with two attached hydrogens (primary N) is 1. The Morgan fingerprint density at radius 1 is 1.27 bits per heavy atom. The molecule has 6 heteroatoms. The first-order valence-electron chi connectivity index (χ1n) is 4.27. The molecule has 2 aromatic rings. The van der Waals surface area contributed by atoms with Gasteiger partial charge in [-0.25, -0.2) is 5.84 Å². The Morgan fingerprint density at radius 3 is 2.53 bits per heavy atom. The average Bonchev–Trinajstić information content (AvgIpc) is 2.68. The lowest BCUT2D eigenvalue weighted by Crippen LogP contribution is -2.06. The molecule has 0 amide bonds. The van der Waals surface area contributed by atoms with Gasteiger partial charge in [0.1, 0.15) is 5.52 Å². The third-order valence-electron chi connectivity index (χ3n) is 2.02. The predicted molar refractivity (Wildman–Crippen MR) is 54.9 cm³/mol. The molecule has 0 bridgehead atoms. The van der Waals surface area contributed by atoms with Crippen LogP contribution in [-0.2, 0) is 0 Å². The standard InChI is InChI=1S/C9H11N3O3/c1-13-7-3-5-6(4-8(7)14-2)15-9(11-5)12-10/h3-4H,10H2,1-2H3,(H,11,12). The van der Waals surface area contributed by atoms with Crippen LogP contribution in [0.5, 0.6) is 11.5 Å². The molecule has 1 aromatic heterocycles. The van der Waals surface area contributed by atoms with Crippen LogP contribution in [0, 0.1) is 0 Å². The van der Waals surface area contributed by atoms with Crippen molar-refractivity contribution in [1.29, 1.82) is 0 Å². The van der Waals surface area contributed by atoms with Crippen LogP contribution in [0.4, 0.5) is 6.01 Å². The number of fused-ring (bicyclic) bond motifs is 1. The largest absolute Gasteiger partial charge is 0.493 e. The fourth-order valence-electron chi connectivity index (χ4n) is 1.32. The summed E-state index contributed by atoms with van der Waals surface area (Å²) in [6, 6.07) is 3.67. The summed E-state index contributed by atoms with van der Waals surface area (Å²) in [5, 5.41) is 0. The molecule has 0 saturated heterocycles.